The molecule has 0 spiro atoms. The quantitative estimate of drug-likeness (QED) is 0.899. The number of benzene rings is 1. The van der Waals surface area contributed by atoms with Crippen molar-refractivity contribution in [3.8, 4) is 0 Å². The summed E-state index contributed by atoms with van der Waals surface area (Å²) < 4.78 is 41.7. The Labute approximate surface area is 147 Å². The minimum Gasteiger partial charge on any atom is -0.313 e. The number of nitrogens with zero attached hydrogens (tertiary/aromatic N) is 2. The molecular formula is C16H19ClFN3O2S. The molecule has 1 N–H and O–H groups in total. The third kappa shape index (κ3) is 3.44. The Morgan fingerprint density at radius 2 is 2.08 bits per heavy atom. The van der Waals surface area contributed by atoms with Gasteiger partial charge in [-0.05, 0) is 30.2 Å². The second-order valence-electron chi connectivity index (χ2n) is 5.51. The molecule has 1 atom stereocenters. The van der Waals surface area contributed by atoms with Gasteiger partial charge in [-0.25, -0.2) is 12.8 Å². The second kappa shape index (κ2) is 7.57. The predicted molar refractivity (Wildman–Crippen MR) is 92.1 cm³/mol. The Balaban J connectivity index is 0.00000208. The molecule has 5 nitrogen and oxygen atoms in total. The van der Waals surface area contributed by atoms with Crippen LogP contribution in [0.3, 0.4) is 0 Å². The third-order valence-electron chi connectivity index (χ3n) is 3.99. The summed E-state index contributed by atoms with van der Waals surface area (Å²) in [5.41, 5.74) is 1.20. The summed E-state index contributed by atoms with van der Waals surface area (Å²) in [6.07, 6.45) is 3.29. The normalized spacial score (nSPS) is 18.8. The van der Waals surface area contributed by atoms with Crippen molar-refractivity contribution in [2.45, 2.75) is 17.9 Å². The summed E-state index contributed by atoms with van der Waals surface area (Å²) in [6, 6.07) is 7.50. The Hall–Kier alpha value is -1.54. The van der Waals surface area contributed by atoms with E-state index in [1.807, 2.05) is 6.07 Å². The van der Waals surface area contributed by atoms with E-state index in [0.717, 1.165) is 5.56 Å². The molecule has 1 fully saturated rings. The summed E-state index contributed by atoms with van der Waals surface area (Å²) in [6.45, 7) is 2.90. The highest BCUT2D eigenvalue weighted by Crippen LogP contribution is 2.31. The maximum absolute atomic E-state index is 14.2. The van der Waals surface area contributed by atoms with E-state index in [9.17, 15) is 12.8 Å². The summed E-state index contributed by atoms with van der Waals surface area (Å²) >= 11 is 0. The molecule has 0 aliphatic carbocycles. The van der Waals surface area contributed by atoms with Crippen molar-refractivity contribution >= 4 is 22.4 Å². The lowest BCUT2D eigenvalue weighted by Crippen LogP contribution is -2.48. The zero-order valence-corrected chi connectivity index (χ0v) is 14.8. The first-order chi connectivity index (χ1) is 11.0. The summed E-state index contributed by atoms with van der Waals surface area (Å²) in [4.78, 5) is 3.82. The predicted octanol–water partition coefficient (Wildman–Crippen LogP) is 2.29. The van der Waals surface area contributed by atoms with Gasteiger partial charge in [0.25, 0.3) is 0 Å². The average molecular weight is 372 g/mol. The Morgan fingerprint density at radius 1 is 1.29 bits per heavy atom. The van der Waals surface area contributed by atoms with Crippen LogP contribution < -0.4 is 5.32 Å². The molecule has 0 bridgehead atoms. The molecular weight excluding hydrogens is 353 g/mol. The lowest BCUT2D eigenvalue weighted by atomic mass is 10.1. The van der Waals surface area contributed by atoms with Gasteiger partial charge in [0.15, 0.2) is 0 Å². The standard InChI is InChI=1S/C16H18FN3O2S.ClH/c1-12-4-2-6-14(17)16(12)23(21,22)20-9-8-19-11-15(20)13-5-3-7-18-10-13;/h2-7,10,15,19H,8-9,11H2,1H3;1H. The van der Waals surface area contributed by atoms with Crippen molar-refractivity contribution in [3.05, 3.63) is 59.7 Å². The van der Waals surface area contributed by atoms with Gasteiger partial charge in [-0.15, -0.1) is 12.4 Å². The molecule has 2 heterocycles. The largest absolute Gasteiger partial charge is 0.313 e. The number of rotatable bonds is 3. The van der Waals surface area contributed by atoms with Crippen molar-refractivity contribution in [1.29, 1.82) is 0 Å². The molecule has 0 radical (unpaired) electrons. The van der Waals surface area contributed by atoms with Crippen LogP contribution in [0.5, 0.6) is 0 Å². The number of piperazine rings is 1. The fourth-order valence-corrected chi connectivity index (χ4v) is 4.78. The van der Waals surface area contributed by atoms with Gasteiger partial charge in [0.1, 0.15) is 10.7 Å². The van der Waals surface area contributed by atoms with Gasteiger partial charge in [0.2, 0.25) is 10.0 Å². The average Bonchev–Trinajstić information content (AvgIpc) is 2.55. The SMILES string of the molecule is Cc1cccc(F)c1S(=O)(=O)N1CCNCC1c1cccnc1.Cl. The van der Waals surface area contributed by atoms with Crippen LogP contribution in [0.25, 0.3) is 0 Å². The Kier molecular flexibility index (Phi) is 5.92. The zero-order valence-electron chi connectivity index (χ0n) is 13.1. The number of hydrogen-bond donors (Lipinski definition) is 1. The Bertz CT molecular complexity index is 782. The molecule has 130 valence electrons. The van der Waals surface area contributed by atoms with Gasteiger partial charge in [-0.1, -0.05) is 18.2 Å². The highest BCUT2D eigenvalue weighted by atomic mass is 35.5. The van der Waals surface area contributed by atoms with Crippen molar-refractivity contribution in [2.75, 3.05) is 19.6 Å². The van der Waals surface area contributed by atoms with E-state index >= 15 is 0 Å². The van der Waals surface area contributed by atoms with Gasteiger partial charge in [0.05, 0.1) is 6.04 Å². The fourth-order valence-electron chi connectivity index (χ4n) is 2.89. The Morgan fingerprint density at radius 3 is 2.75 bits per heavy atom. The van der Waals surface area contributed by atoms with Crippen LogP contribution in [-0.2, 0) is 10.0 Å². The molecule has 1 aliphatic rings. The van der Waals surface area contributed by atoms with Crippen LogP contribution in [0.2, 0.25) is 0 Å². The molecule has 24 heavy (non-hydrogen) atoms. The molecule has 1 aliphatic heterocycles. The van der Waals surface area contributed by atoms with Crippen LogP contribution in [0.1, 0.15) is 17.2 Å². The van der Waals surface area contributed by atoms with Crippen LogP contribution >= 0.6 is 12.4 Å². The van der Waals surface area contributed by atoms with Crippen LogP contribution in [-0.4, -0.2) is 37.3 Å². The fraction of sp³-hybridized carbons (Fsp3) is 0.312. The first-order valence-electron chi connectivity index (χ1n) is 7.39. The van der Waals surface area contributed by atoms with Crippen molar-refractivity contribution in [1.82, 2.24) is 14.6 Å². The lowest BCUT2D eigenvalue weighted by Gasteiger charge is -2.35. The van der Waals surface area contributed by atoms with E-state index in [4.69, 9.17) is 0 Å². The van der Waals surface area contributed by atoms with Crippen molar-refractivity contribution < 1.29 is 12.8 Å². The van der Waals surface area contributed by atoms with Gasteiger partial charge in [-0.3, -0.25) is 4.98 Å². The number of hydrogen-bond acceptors (Lipinski definition) is 4. The number of halogens is 2. The first-order valence-corrected chi connectivity index (χ1v) is 8.83. The first kappa shape index (κ1) is 18.8. The van der Waals surface area contributed by atoms with Gasteiger partial charge in [-0.2, -0.15) is 4.31 Å². The van der Waals surface area contributed by atoms with Crippen molar-refractivity contribution in [2.24, 2.45) is 0 Å². The lowest BCUT2D eigenvalue weighted by molar-refractivity contribution is 0.270. The molecule has 0 amide bonds. The highest BCUT2D eigenvalue weighted by molar-refractivity contribution is 7.89. The van der Waals surface area contributed by atoms with E-state index < -0.39 is 21.9 Å². The molecule has 1 saturated heterocycles. The minimum atomic E-state index is -3.93. The van der Waals surface area contributed by atoms with Crippen LogP contribution in [0, 0.1) is 12.7 Å². The molecule has 1 aromatic carbocycles. The van der Waals surface area contributed by atoms with E-state index in [2.05, 4.69) is 10.3 Å². The zero-order chi connectivity index (χ0) is 16.4. The summed E-state index contributed by atoms with van der Waals surface area (Å²) in [5.74, 6) is -0.714. The van der Waals surface area contributed by atoms with Gasteiger partial charge >= 0.3 is 0 Å². The highest BCUT2D eigenvalue weighted by Gasteiger charge is 2.36. The number of pyridine rings is 1. The van der Waals surface area contributed by atoms with E-state index in [-0.39, 0.29) is 23.8 Å². The maximum Gasteiger partial charge on any atom is 0.246 e. The number of aryl methyl sites for hydroxylation is 1. The van der Waals surface area contributed by atoms with E-state index in [0.29, 0.717) is 18.7 Å². The monoisotopic (exact) mass is 371 g/mol. The van der Waals surface area contributed by atoms with Gasteiger partial charge < -0.3 is 5.32 Å². The molecule has 2 aromatic rings. The smallest absolute Gasteiger partial charge is 0.246 e. The minimum absolute atomic E-state index is 0. The summed E-state index contributed by atoms with van der Waals surface area (Å²) in [5, 5.41) is 3.19. The molecule has 8 heteroatoms. The number of nitrogens with one attached hydrogen (secondary N) is 1. The summed E-state index contributed by atoms with van der Waals surface area (Å²) in [7, 11) is -3.93. The molecule has 0 saturated carbocycles. The van der Waals surface area contributed by atoms with Crippen molar-refractivity contribution in [3.63, 3.8) is 0 Å². The van der Waals surface area contributed by atoms with Gasteiger partial charge in [0, 0.05) is 32.0 Å². The topological polar surface area (TPSA) is 62.3 Å². The number of aromatic nitrogens is 1. The second-order valence-corrected chi connectivity index (χ2v) is 7.34. The molecule has 3 rings (SSSR count). The molecule has 1 unspecified atom stereocenters. The third-order valence-corrected chi connectivity index (χ3v) is 6.08. The maximum atomic E-state index is 14.2. The van der Waals surface area contributed by atoms with Crippen LogP contribution in [0.4, 0.5) is 4.39 Å². The van der Waals surface area contributed by atoms with E-state index in [1.165, 1.54) is 16.4 Å². The molecule has 1 aromatic heterocycles. The van der Waals surface area contributed by atoms with E-state index in [1.54, 1.807) is 31.5 Å². The number of sulfonamides is 1. The van der Waals surface area contributed by atoms with Crippen LogP contribution in [0.15, 0.2) is 47.6 Å².